The Bertz CT molecular complexity index is 395. The molecule has 0 aliphatic carbocycles. The Morgan fingerprint density at radius 2 is 0.708 bits per heavy atom. The number of hydrogen-bond acceptors (Lipinski definition) is 0. The van der Waals surface area contributed by atoms with Crippen LogP contribution in [-0.2, 0) is 0 Å². The molecule has 0 rings (SSSR count). The van der Waals surface area contributed by atoms with E-state index in [1.807, 2.05) is 0 Å². The molecule has 0 fully saturated rings. The standard InChI is InChI=1S/C8H8Cl6F8Si2/c9-23(10,11)3-1-5(15,16)7(19,20)8(21,22)6(17,18)2-4-24(12,13)14/h1-4H2. The number of alkyl halides is 8. The molecule has 0 radical (unpaired) electrons. The van der Waals surface area contributed by atoms with Gasteiger partial charge in [-0.3, -0.25) is 0 Å². The van der Waals surface area contributed by atoms with Crippen molar-refractivity contribution in [3.05, 3.63) is 0 Å². The Labute approximate surface area is 161 Å². The highest BCUT2D eigenvalue weighted by Gasteiger charge is 2.79. The van der Waals surface area contributed by atoms with Gasteiger partial charge in [-0.25, -0.2) is 0 Å². The van der Waals surface area contributed by atoms with Gasteiger partial charge in [0.2, 0.25) is 0 Å². The Morgan fingerprint density at radius 3 is 0.875 bits per heavy atom. The van der Waals surface area contributed by atoms with Crippen molar-refractivity contribution in [3.63, 3.8) is 0 Å². The van der Waals surface area contributed by atoms with Crippen molar-refractivity contribution in [2.24, 2.45) is 0 Å². The Hall–Kier alpha value is 1.61. The van der Waals surface area contributed by atoms with Crippen molar-refractivity contribution in [2.75, 3.05) is 0 Å². The molecule has 0 heterocycles. The normalized spacial score (nSPS) is 15.8. The lowest BCUT2D eigenvalue weighted by atomic mass is 9.95. The van der Waals surface area contributed by atoms with Gasteiger partial charge in [0.25, 0.3) is 0 Å². The molecule has 0 aromatic carbocycles. The fraction of sp³-hybridized carbons (Fsp3) is 1.00. The first-order valence-corrected chi connectivity index (χ1v) is 16.3. The topological polar surface area (TPSA) is 0 Å². The van der Waals surface area contributed by atoms with E-state index in [-0.39, 0.29) is 0 Å². The summed E-state index contributed by atoms with van der Waals surface area (Å²) in [5, 5.41) is 0. The molecule has 0 aliphatic rings. The molecule has 0 bridgehead atoms. The first-order chi connectivity index (χ1) is 10.2. The van der Waals surface area contributed by atoms with Crippen molar-refractivity contribution in [2.45, 2.75) is 48.6 Å². The summed E-state index contributed by atoms with van der Waals surface area (Å²) in [4.78, 5) is 0. The Kier molecular flexibility index (Phi) is 8.46. The van der Waals surface area contributed by atoms with Gasteiger partial charge in [-0.2, -0.15) is 35.1 Å². The van der Waals surface area contributed by atoms with E-state index in [1.165, 1.54) is 0 Å². The molecule has 0 unspecified atom stereocenters. The van der Waals surface area contributed by atoms with E-state index in [2.05, 4.69) is 0 Å². The van der Waals surface area contributed by atoms with Crippen LogP contribution >= 0.6 is 66.5 Å². The molecule has 0 saturated carbocycles. The summed E-state index contributed by atoms with van der Waals surface area (Å²) in [5.41, 5.74) is 0. The molecule has 0 N–H and O–H groups in total. The molecule has 0 amide bonds. The van der Waals surface area contributed by atoms with Crippen molar-refractivity contribution < 1.29 is 35.1 Å². The van der Waals surface area contributed by atoms with Crippen molar-refractivity contribution in [1.82, 2.24) is 0 Å². The number of halogens is 14. The Morgan fingerprint density at radius 1 is 0.500 bits per heavy atom. The molecule has 0 atom stereocenters. The van der Waals surface area contributed by atoms with Crippen LogP contribution in [0.4, 0.5) is 35.1 Å². The molecule has 16 heteroatoms. The number of rotatable bonds is 9. The average Bonchev–Trinajstić information content (AvgIpc) is 2.32. The van der Waals surface area contributed by atoms with Gasteiger partial charge >= 0.3 is 35.7 Å². The molecule has 0 spiro atoms. The van der Waals surface area contributed by atoms with Gasteiger partial charge in [0.15, 0.2) is 0 Å². The van der Waals surface area contributed by atoms with E-state index >= 15 is 0 Å². The second-order valence-corrected chi connectivity index (χ2v) is 23.3. The van der Waals surface area contributed by atoms with E-state index in [4.69, 9.17) is 66.5 Å². The van der Waals surface area contributed by atoms with E-state index in [0.717, 1.165) is 0 Å². The van der Waals surface area contributed by atoms with Crippen LogP contribution in [0.25, 0.3) is 0 Å². The maximum Gasteiger partial charge on any atom is 0.378 e. The highest BCUT2D eigenvalue weighted by molar-refractivity contribution is 7.65. The molecular formula is C8H8Cl6F8Si2. The van der Waals surface area contributed by atoms with Crippen LogP contribution in [0.1, 0.15) is 12.8 Å². The highest BCUT2D eigenvalue weighted by Crippen LogP contribution is 2.56. The third kappa shape index (κ3) is 6.65. The smallest absolute Gasteiger partial charge is 0.200 e. The minimum absolute atomic E-state index is 1.14. The van der Waals surface area contributed by atoms with Gasteiger partial charge < -0.3 is 0 Å². The zero-order chi connectivity index (χ0) is 19.8. The molecule has 0 aromatic heterocycles. The fourth-order valence-electron chi connectivity index (χ4n) is 1.37. The summed E-state index contributed by atoms with van der Waals surface area (Å²) in [5.74, 6) is -23.9. The second kappa shape index (κ2) is 7.93. The van der Waals surface area contributed by atoms with Gasteiger partial charge in [0.1, 0.15) is 0 Å². The predicted molar refractivity (Wildman–Crippen MR) is 85.3 cm³/mol. The summed E-state index contributed by atoms with van der Waals surface area (Å²) in [6.07, 6.45) is -4.01. The van der Waals surface area contributed by atoms with E-state index in [0.29, 0.717) is 0 Å². The van der Waals surface area contributed by atoms with Gasteiger partial charge in [-0.05, 0) is 12.1 Å². The van der Waals surface area contributed by atoms with Crippen LogP contribution in [0.2, 0.25) is 12.1 Å². The van der Waals surface area contributed by atoms with Gasteiger partial charge in [-0.1, -0.05) is 0 Å². The summed E-state index contributed by atoms with van der Waals surface area (Å²) < 4.78 is 108. The van der Waals surface area contributed by atoms with Crippen LogP contribution < -0.4 is 0 Å². The van der Waals surface area contributed by atoms with Gasteiger partial charge in [0.05, 0.1) is 0 Å². The van der Waals surface area contributed by atoms with Crippen LogP contribution in [-0.4, -0.2) is 35.7 Å². The van der Waals surface area contributed by atoms with Gasteiger partial charge in [-0.15, -0.1) is 66.5 Å². The summed E-state index contributed by atoms with van der Waals surface area (Å²) in [6, 6.07) is -10.0. The van der Waals surface area contributed by atoms with Crippen LogP contribution in [0.5, 0.6) is 0 Å². The maximum absolute atomic E-state index is 13.5. The molecule has 0 nitrogen and oxygen atoms in total. The lowest BCUT2D eigenvalue weighted by Gasteiger charge is -2.37. The molecule has 0 saturated heterocycles. The van der Waals surface area contributed by atoms with Crippen molar-refractivity contribution in [3.8, 4) is 0 Å². The van der Waals surface area contributed by atoms with Crippen molar-refractivity contribution >= 4 is 78.5 Å². The third-order valence-electron chi connectivity index (χ3n) is 2.76. The first kappa shape index (κ1) is 25.6. The Balaban J connectivity index is 5.47. The first-order valence-electron chi connectivity index (χ1n) is 5.81. The van der Waals surface area contributed by atoms with E-state index in [9.17, 15) is 35.1 Å². The highest BCUT2D eigenvalue weighted by atomic mass is 35.8. The third-order valence-corrected chi connectivity index (χ3v) is 7.79. The zero-order valence-electron chi connectivity index (χ0n) is 11.1. The predicted octanol–water partition coefficient (Wildman–Crippen LogP) is 7.62. The van der Waals surface area contributed by atoms with E-state index < -0.39 is 60.6 Å². The monoisotopic (exact) mass is 522 g/mol. The maximum atomic E-state index is 13.5. The summed E-state index contributed by atoms with van der Waals surface area (Å²) in [7, 11) is 0. The SMILES string of the molecule is FC(F)(CC[Si](Cl)(Cl)Cl)C(F)(F)C(F)(F)C(F)(F)CC[Si](Cl)(Cl)Cl. The lowest BCUT2D eigenvalue weighted by Crippen LogP contribution is -2.62. The molecule has 146 valence electrons. The molecule has 0 aromatic rings. The van der Waals surface area contributed by atoms with E-state index in [1.54, 1.807) is 0 Å². The molecule has 24 heavy (non-hydrogen) atoms. The molecular weight excluding hydrogens is 517 g/mol. The largest absolute Gasteiger partial charge is 0.378 e. The lowest BCUT2D eigenvalue weighted by molar-refractivity contribution is -0.366. The van der Waals surface area contributed by atoms with Crippen LogP contribution in [0.15, 0.2) is 0 Å². The van der Waals surface area contributed by atoms with Crippen LogP contribution in [0.3, 0.4) is 0 Å². The minimum Gasteiger partial charge on any atom is -0.200 e. The number of hydrogen-bond donors (Lipinski definition) is 0. The minimum atomic E-state index is -6.41. The van der Waals surface area contributed by atoms with Crippen molar-refractivity contribution in [1.29, 1.82) is 0 Å². The molecule has 0 aliphatic heterocycles. The van der Waals surface area contributed by atoms with Crippen LogP contribution in [0, 0.1) is 0 Å². The average molecular weight is 525 g/mol. The second-order valence-electron chi connectivity index (χ2n) is 4.79. The summed E-state index contributed by atoms with van der Waals surface area (Å²) in [6.45, 7) is 0. The quantitative estimate of drug-likeness (QED) is 0.165. The van der Waals surface area contributed by atoms with Gasteiger partial charge in [0, 0.05) is 12.8 Å². The fourth-order valence-corrected chi connectivity index (χ4v) is 4.27. The summed E-state index contributed by atoms with van der Waals surface area (Å²) >= 11 is 31.3. The zero-order valence-corrected chi connectivity index (χ0v) is 17.7.